The first-order valence-corrected chi connectivity index (χ1v) is 8.54. The third-order valence-electron chi connectivity index (χ3n) is 4.07. The van der Waals surface area contributed by atoms with Crippen molar-refractivity contribution in [2.45, 2.75) is 52.2 Å². The molecule has 0 spiro atoms. The van der Waals surface area contributed by atoms with Crippen LogP contribution in [0.5, 0.6) is 0 Å². The number of carbonyl (C=O) groups excluding carboxylic acids is 2. The van der Waals surface area contributed by atoms with E-state index in [-0.39, 0.29) is 12.1 Å². The Kier molecular flexibility index (Phi) is 4.53. The van der Waals surface area contributed by atoms with Crippen LogP contribution in [0.2, 0.25) is 0 Å². The number of hydrogen-bond acceptors (Lipinski definition) is 6. The molecular formula is C17H24N4O4. The number of rotatable bonds is 2. The largest absolute Gasteiger partial charge is 0.447 e. The summed E-state index contributed by atoms with van der Waals surface area (Å²) in [6.45, 7) is 8.81. The Balaban J connectivity index is 1.86. The summed E-state index contributed by atoms with van der Waals surface area (Å²) in [4.78, 5) is 36.5. The van der Waals surface area contributed by atoms with E-state index in [4.69, 9.17) is 9.47 Å². The van der Waals surface area contributed by atoms with E-state index in [0.29, 0.717) is 31.3 Å². The van der Waals surface area contributed by atoms with Crippen LogP contribution in [0.4, 0.5) is 15.4 Å². The average Bonchev–Trinajstić information content (AvgIpc) is 3.13. The van der Waals surface area contributed by atoms with E-state index in [1.165, 1.54) is 4.90 Å². The molecule has 8 heteroatoms. The second-order valence-corrected chi connectivity index (χ2v) is 7.32. The van der Waals surface area contributed by atoms with Gasteiger partial charge in [0.25, 0.3) is 0 Å². The first-order chi connectivity index (χ1) is 11.7. The van der Waals surface area contributed by atoms with Crippen LogP contribution in [0.25, 0.3) is 0 Å². The van der Waals surface area contributed by atoms with Gasteiger partial charge in [0.1, 0.15) is 18.0 Å². The fraction of sp³-hybridized carbons (Fsp3) is 0.647. The molecule has 0 aliphatic carbocycles. The Morgan fingerprint density at radius 1 is 1.32 bits per heavy atom. The van der Waals surface area contributed by atoms with Crippen molar-refractivity contribution in [2.24, 2.45) is 0 Å². The van der Waals surface area contributed by atoms with Crippen molar-refractivity contribution in [3.05, 3.63) is 17.6 Å². The molecule has 2 amide bonds. The van der Waals surface area contributed by atoms with Gasteiger partial charge in [-0.25, -0.2) is 19.6 Å². The minimum atomic E-state index is -0.553. The molecule has 0 aromatic carbocycles. The first kappa shape index (κ1) is 17.4. The number of amides is 2. The van der Waals surface area contributed by atoms with Crippen LogP contribution < -0.4 is 4.90 Å². The number of aromatic nitrogens is 2. The van der Waals surface area contributed by atoms with Gasteiger partial charge >= 0.3 is 12.2 Å². The van der Waals surface area contributed by atoms with Crippen molar-refractivity contribution in [1.82, 2.24) is 14.9 Å². The smallest absolute Gasteiger partial charge is 0.415 e. The first-order valence-electron chi connectivity index (χ1n) is 8.54. The van der Waals surface area contributed by atoms with Crippen LogP contribution in [0, 0.1) is 6.92 Å². The monoisotopic (exact) mass is 348 g/mol. The molecule has 2 saturated heterocycles. The van der Waals surface area contributed by atoms with E-state index in [0.717, 1.165) is 18.5 Å². The second-order valence-electron chi connectivity index (χ2n) is 7.32. The van der Waals surface area contributed by atoms with Crippen molar-refractivity contribution in [2.75, 3.05) is 24.6 Å². The highest BCUT2D eigenvalue weighted by atomic mass is 16.6. The molecule has 25 heavy (non-hydrogen) atoms. The van der Waals surface area contributed by atoms with E-state index in [1.807, 2.05) is 27.7 Å². The summed E-state index contributed by atoms with van der Waals surface area (Å²) in [6.07, 6.45) is 0.872. The molecule has 0 bridgehead atoms. The zero-order valence-corrected chi connectivity index (χ0v) is 15.1. The summed E-state index contributed by atoms with van der Waals surface area (Å²) in [6, 6.07) is 1.51. The van der Waals surface area contributed by atoms with Crippen molar-refractivity contribution >= 4 is 18.0 Å². The summed E-state index contributed by atoms with van der Waals surface area (Å²) in [5.41, 5.74) is 0.193. The number of carbonyl (C=O) groups is 2. The number of cyclic esters (lactones) is 1. The van der Waals surface area contributed by atoms with E-state index in [9.17, 15) is 9.59 Å². The third kappa shape index (κ3) is 3.83. The Morgan fingerprint density at radius 3 is 2.72 bits per heavy atom. The molecule has 136 valence electrons. The minimum absolute atomic E-state index is 0.243. The van der Waals surface area contributed by atoms with E-state index in [2.05, 4.69) is 9.97 Å². The van der Waals surface area contributed by atoms with Crippen LogP contribution in [0.3, 0.4) is 0 Å². The van der Waals surface area contributed by atoms with Gasteiger partial charge in [0.05, 0.1) is 12.6 Å². The molecular weight excluding hydrogens is 324 g/mol. The molecule has 0 saturated carbocycles. The van der Waals surface area contributed by atoms with Gasteiger partial charge in [0, 0.05) is 18.3 Å². The Labute approximate surface area is 147 Å². The molecule has 2 aliphatic rings. The van der Waals surface area contributed by atoms with Crippen molar-refractivity contribution in [3.8, 4) is 0 Å². The third-order valence-corrected chi connectivity index (χ3v) is 4.07. The molecule has 3 heterocycles. The highest BCUT2D eigenvalue weighted by Gasteiger charge is 2.36. The SMILES string of the molecule is Cc1cc(N2CCOC2=O)nc(C2CCCN2C(=O)OC(C)(C)C)n1. The highest BCUT2D eigenvalue weighted by molar-refractivity contribution is 5.88. The lowest BCUT2D eigenvalue weighted by molar-refractivity contribution is 0.0218. The van der Waals surface area contributed by atoms with Crippen molar-refractivity contribution in [3.63, 3.8) is 0 Å². The van der Waals surface area contributed by atoms with Gasteiger partial charge in [-0.2, -0.15) is 0 Å². The Hall–Kier alpha value is -2.38. The van der Waals surface area contributed by atoms with Crippen LogP contribution >= 0.6 is 0 Å². The molecule has 1 aromatic heterocycles. The summed E-state index contributed by atoms with van der Waals surface area (Å²) >= 11 is 0. The number of anilines is 1. The summed E-state index contributed by atoms with van der Waals surface area (Å²) in [7, 11) is 0. The summed E-state index contributed by atoms with van der Waals surface area (Å²) in [5.74, 6) is 1.05. The molecule has 8 nitrogen and oxygen atoms in total. The zero-order chi connectivity index (χ0) is 18.2. The maximum atomic E-state index is 12.5. The molecule has 3 rings (SSSR count). The van der Waals surface area contributed by atoms with Crippen LogP contribution in [0.15, 0.2) is 6.07 Å². The maximum Gasteiger partial charge on any atom is 0.415 e. The zero-order valence-electron chi connectivity index (χ0n) is 15.1. The number of hydrogen-bond donors (Lipinski definition) is 0. The maximum absolute atomic E-state index is 12.5. The Morgan fingerprint density at radius 2 is 2.08 bits per heavy atom. The molecule has 0 N–H and O–H groups in total. The standard InChI is InChI=1S/C17H24N4O4/c1-11-10-13(21-8-9-24-15(21)22)19-14(18-11)12-6-5-7-20(12)16(23)25-17(2,3)4/h10,12H,5-9H2,1-4H3. The number of aryl methyl sites for hydroxylation is 1. The van der Waals surface area contributed by atoms with Crippen LogP contribution in [0.1, 0.15) is 51.2 Å². The van der Waals surface area contributed by atoms with Crippen molar-refractivity contribution in [1.29, 1.82) is 0 Å². The lowest BCUT2D eigenvalue weighted by Gasteiger charge is -2.28. The van der Waals surface area contributed by atoms with Gasteiger partial charge in [0.15, 0.2) is 5.82 Å². The summed E-state index contributed by atoms with van der Waals surface area (Å²) in [5, 5.41) is 0. The van der Waals surface area contributed by atoms with Gasteiger partial charge < -0.3 is 9.47 Å². The molecule has 2 fully saturated rings. The quantitative estimate of drug-likeness (QED) is 0.817. The molecule has 1 atom stereocenters. The summed E-state index contributed by atoms with van der Waals surface area (Å²) < 4.78 is 10.5. The molecule has 1 aromatic rings. The predicted molar refractivity (Wildman–Crippen MR) is 90.4 cm³/mol. The predicted octanol–water partition coefficient (Wildman–Crippen LogP) is 2.81. The normalized spacial score (nSPS) is 20.8. The second kappa shape index (κ2) is 6.50. The fourth-order valence-electron chi connectivity index (χ4n) is 3.04. The van der Waals surface area contributed by atoms with E-state index in [1.54, 1.807) is 11.0 Å². The lowest BCUT2D eigenvalue weighted by atomic mass is 10.2. The van der Waals surface area contributed by atoms with Crippen LogP contribution in [-0.4, -0.2) is 52.4 Å². The number of likely N-dealkylation sites (tertiary alicyclic amines) is 1. The van der Waals surface area contributed by atoms with E-state index < -0.39 is 11.7 Å². The fourth-order valence-corrected chi connectivity index (χ4v) is 3.04. The molecule has 0 radical (unpaired) electrons. The lowest BCUT2D eigenvalue weighted by Crippen LogP contribution is -2.37. The highest BCUT2D eigenvalue weighted by Crippen LogP contribution is 2.32. The minimum Gasteiger partial charge on any atom is -0.447 e. The van der Waals surface area contributed by atoms with Gasteiger partial charge in [-0.1, -0.05) is 0 Å². The molecule has 2 aliphatic heterocycles. The number of ether oxygens (including phenoxy) is 2. The topological polar surface area (TPSA) is 84.9 Å². The average molecular weight is 348 g/mol. The Bertz CT molecular complexity index is 686. The number of nitrogens with zero attached hydrogens (tertiary/aromatic N) is 4. The van der Waals surface area contributed by atoms with Gasteiger partial charge in [-0.3, -0.25) is 9.80 Å². The van der Waals surface area contributed by atoms with Gasteiger partial charge in [0.2, 0.25) is 0 Å². The molecule has 1 unspecified atom stereocenters. The van der Waals surface area contributed by atoms with Crippen molar-refractivity contribution < 1.29 is 19.1 Å². The van der Waals surface area contributed by atoms with Gasteiger partial charge in [-0.15, -0.1) is 0 Å². The van der Waals surface area contributed by atoms with E-state index >= 15 is 0 Å². The van der Waals surface area contributed by atoms with Crippen LogP contribution in [-0.2, 0) is 9.47 Å². The van der Waals surface area contributed by atoms with Gasteiger partial charge in [-0.05, 0) is 40.5 Å².